The first-order chi connectivity index (χ1) is 12.6. The molecule has 0 aliphatic carbocycles. The molecule has 1 aliphatic heterocycles. The van der Waals surface area contributed by atoms with Crippen LogP contribution in [0, 0.1) is 20.8 Å². The molecule has 0 aromatic heterocycles. The number of aryl methyl sites for hydroxylation is 3. The van der Waals surface area contributed by atoms with Crippen molar-refractivity contribution in [3.63, 3.8) is 0 Å². The Labute approximate surface area is 164 Å². The summed E-state index contributed by atoms with van der Waals surface area (Å²) in [7, 11) is -2.26. The van der Waals surface area contributed by atoms with Gasteiger partial charge in [-0.15, -0.1) is 4.40 Å². The molecule has 7 heteroatoms. The van der Waals surface area contributed by atoms with Crippen LogP contribution in [0.3, 0.4) is 0 Å². The van der Waals surface area contributed by atoms with Crippen molar-refractivity contribution in [2.24, 2.45) is 4.40 Å². The molecule has 0 fully saturated rings. The third-order valence-corrected chi connectivity index (χ3v) is 6.56. The quantitative estimate of drug-likeness (QED) is 0.793. The number of nitrogens with one attached hydrogen (secondary N) is 1. The first-order valence-electron chi connectivity index (χ1n) is 8.39. The maximum atomic E-state index is 12.7. The Bertz CT molecular complexity index is 1100. The average Bonchev–Trinajstić information content (AvgIpc) is 2.82. The predicted octanol–water partition coefficient (Wildman–Crippen LogP) is 4.86. The maximum Gasteiger partial charge on any atom is 0.285 e. The van der Waals surface area contributed by atoms with Gasteiger partial charge in [-0.05, 0) is 56.0 Å². The largest absolute Gasteiger partial charge is 0.495 e. The van der Waals surface area contributed by atoms with E-state index < -0.39 is 10.0 Å². The van der Waals surface area contributed by atoms with Gasteiger partial charge in [0.25, 0.3) is 10.0 Å². The molecule has 0 radical (unpaired) electrons. The van der Waals surface area contributed by atoms with Crippen molar-refractivity contribution < 1.29 is 13.2 Å². The molecule has 0 saturated heterocycles. The number of sulfonamides is 1. The summed E-state index contributed by atoms with van der Waals surface area (Å²) in [6.07, 6.45) is 0. The monoisotopic (exact) mass is 404 g/mol. The topological polar surface area (TPSA) is 67.8 Å². The molecule has 1 heterocycles. The van der Waals surface area contributed by atoms with Gasteiger partial charge in [0.05, 0.1) is 12.8 Å². The van der Waals surface area contributed by atoms with Crippen molar-refractivity contribution in [1.29, 1.82) is 0 Å². The second-order valence-electron chi connectivity index (χ2n) is 6.59. The first kappa shape index (κ1) is 19.5. The van der Waals surface area contributed by atoms with Gasteiger partial charge >= 0.3 is 0 Å². The van der Waals surface area contributed by atoms with Crippen LogP contribution in [0.25, 0.3) is 4.91 Å². The zero-order valence-electron chi connectivity index (χ0n) is 15.8. The van der Waals surface area contributed by atoms with E-state index in [0.717, 1.165) is 16.7 Å². The molecule has 0 saturated carbocycles. The number of hydrogen-bond acceptors (Lipinski definition) is 4. The van der Waals surface area contributed by atoms with Crippen LogP contribution < -0.4 is 10.1 Å². The van der Waals surface area contributed by atoms with Gasteiger partial charge in [-0.2, -0.15) is 8.42 Å². The highest BCUT2D eigenvalue weighted by atomic mass is 35.5. The highest BCUT2D eigenvalue weighted by Gasteiger charge is 2.31. The second-order valence-corrected chi connectivity index (χ2v) is 8.54. The zero-order chi connectivity index (χ0) is 19.9. The third kappa shape index (κ3) is 3.59. The second kappa shape index (κ2) is 7.02. The van der Waals surface area contributed by atoms with Crippen molar-refractivity contribution in [2.75, 3.05) is 12.4 Å². The Balaban J connectivity index is 2.07. The summed E-state index contributed by atoms with van der Waals surface area (Å²) in [5.74, 6) is 0.793. The summed E-state index contributed by atoms with van der Waals surface area (Å²) >= 11 is 6.14. The molecule has 3 rings (SSSR count). The summed E-state index contributed by atoms with van der Waals surface area (Å²) < 4.78 is 34.7. The Morgan fingerprint density at radius 2 is 1.70 bits per heavy atom. The lowest BCUT2D eigenvalue weighted by atomic mass is 10.0. The number of halogens is 1. The predicted molar refractivity (Wildman–Crippen MR) is 111 cm³/mol. The smallest absolute Gasteiger partial charge is 0.285 e. The molecule has 27 heavy (non-hydrogen) atoms. The van der Waals surface area contributed by atoms with Gasteiger partial charge in [-0.1, -0.05) is 29.8 Å². The van der Waals surface area contributed by atoms with Gasteiger partial charge in [0.2, 0.25) is 0 Å². The molecule has 0 unspecified atom stereocenters. The van der Waals surface area contributed by atoms with E-state index in [-0.39, 0.29) is 10.7 Å². The lowest BCUT2D eigenvalue weighted by Gasteiger charge is -2.13. The van der Waals surface area contributed by atoms with Crippen LogP contribution in [0.1, 0.15) is 29.2 Å². The Morgan fingerprint density at radius 3 is 2.33 bits per heavy atom. The molecule has 0 spiro atoms. The SMILES string of the molecule is COc1cc(Cl)c(C)cc1NC1=NS(=O)(=O)C(c2ccc(C)c(C)c2)=C1C. The van der Waals surface area contributed by atoms with E-state index in [1.807, 2.05) is 39.0 Å². The van der Waals surface area contributed by atoms with Crippen molar-refractivity contribution in [3.05, 3.63) is 63.2 Å². The van der Waals surface area contributed by atoms with E-state index in [1.54, 1.807) is 19.1 Å². The Morgan fingerprint density at radius 1 is 1.00 bits per heavy atom. The third-order valence-electron chi connectivity index (χ3n) is 4.67. The zero-order valence-corrected chi connectivity index (χ0v) is 17.4. The van der Waals surface area contributed by atoms with Crippen LogP contribution in [0.5, 0.6) is 5.75 Å². The number of hydrogen-bond donors (Lipinski definition) is 1. The fourth-order valence-electron chi connectivity index (χ4n) is 2.96. The minimum atomic E-state index is -3.79. The molecular weight excluding hydrogens is 384 g/mol. The molecule has 2 aromatic rings. The van der Waals surface area contributed by atoms with Crippen LogP contribution in [-0.4, -0.2) is 21.4 Å². The Hall–Kier alpha value is -2.31. The van der Waals surface area contributed by atoms with Crippen molar-refractivity contribution in [3.8, 4) is 5.75 Å². The summed E-state index contributed by atoms with van der Waals surface area (Å²) in [6.45, 7) is 7.55. The molecule has 0 amide bonds. The maximum absolute atomic E-state index is 12.7. The number of anilines is 1. The van der Waals surface area contributed by atoms with Gasteiger partial charge in [0.1, 0.15) is 16.5 Å². The molecule has 142 valence electrons. The summed E-state index contributed by atoms with van der Waals surface area (Å²) in [6, 6.07) is 9.09. The minimum Gasteiger partial charge on any atom is -0.495 e. The van der Waals surface area contributed by atoms with Gasteiger partial charge in [0.15, 0.2) is 0 Å². The van der Waals surface area contributed by atoms with Crippen LogP contribution in [0.4, 0.5) is 5.69 Å². The number of rotatable bonds is 3. The van der Waals surface area contributed by atoms with E-state index in [0.29, 0.717) is 27.6 Å². The van der Waals surface area contributed by atoms with Crippen molar-refractivity contribution >= 4 is 38.1 Å². The average molecular weight is 405 g/mol. The molecular formula is C20H21ClN2O3S. The number of amidine groups is 1. The highest BCUT2D eigenvalue weighted by molar-refractivity contribution is 8.00. The van der Waals surface area contributed by atoms with Crippen LogP contribution >= 0.6 is 11.6 Å². The molecule has 0 atom stereocenters. The van der Waals surface area contributed by atoms with Crippen molar-refractivity contribution in [1.82, 2.24) is 0 Å². The van der Waals surface area contributed by atoms with Crippen molar-refractivity contribution in [2.45, 2.75) is 27.7 Å². The number of nitrogens with zero attached hydrogens (tertiary/aromatic N) is 1. The van der Waals surface area contributed by atoms with Gasteiger partial charge in [-0.25, -0.2) is 0 Å². The summed E-state index contributed by atoms with van der Waals surface area (Å²) in [5.41, 5.74) is 4.78. The van der Waals surface area contributed by atoms with Gasteiger partial charge < -0.3 is 10.1 Å². The van der Waals surface area contributed by atoms with E-state index in [9.17, 15) is 8.42 Å². The molecule has 2 aromatic carbocycles. The van der Waals surface area contributed by atoms with Crippen LogP contribution in [0.2, 0.25) is 5.02 Å². The number of benzene rings is 2. The number of ether oxygens (including phenoxy) is 1. The fourth-order valence-corrected chi connectivity index (χ4v) is 4.53. The molecule has 1 aliphatic rings. The van der Waals surface area contributed by atoms with Crippen LogP contribution in [0.15, 0.2) is 40.3 Å². The fraction of sp³-hybridized carbons (Fsp3) is 0.250. The lowest BCUT2D eigenvalue weighted by molar-refractivity contribution is 0.417. The minimum absolute atomic E-state index is 0.220. The van der Waals surface area contributed by atoms with E-state index in [4.69, 9.17) is 16.3 Å². The molecule has 0 bridgehead atoms. The Kier molecular flexibility index (Phi) is 5.06. The molecule has 1 N–H and O–H groups in total. The summed E-state index contributed by atoms with van der Waals surface area (Å²) in [5, 5.41) is 3.66. The van der Waals surface area contributed by atoms with E-state index in [2.05, 4.69) is 9.71 Å². The van der Waals surface area contributed by atoms with Crippen LogP contribution in [-0.2, 0) is 10.0 Å². The van der Waals surface area contributed by atoms with E-state index in [1.165, 1.54) is 7.11 Å². The summed E-state index contributed by atoms with van der Waals surface area (Å²) in [4.78, 5) is 0.220. The standard InChI is InChI=1S/C20H21ClN2O3S/c1-11-6-7-15(8-12(11)2)19-14(4)20(23-27(19,24)25)22-17-9-13(3)16(21)10-18(17)26-5/h6-10H,1-5H3,(H,22,23). The lowest BCUT2D eigenvalue weighted by Crippen LogP contribution is -2.12. The van der Waals surface area contributed by atoms with E-state index >= 15 is 0 Å². The highest BCUT2D eigenvalue weighted by Crippen LogP contribution is 2.36. The molecule has 5 nitrogen and oxygen atoms in total. The normalized spacial score (nSPS) is 15.7. The number of methoxy groups -OCH3 is 1. The first-order valence-corrected chi connectivity index (χ1v) is 10.2. The van der Waals surface area contributed by atoms with Gasteiger partial charge in [-0.3, -0.25) is 0 Å². The van der Waals surface area contributed by atoms with Gasteiger partial charge in [0, 0.05) is 16.7 Å².